The van der Waals surface area contributed by atoms with E-state index >= 15 is 0 Å². The molecule has 3 rings (SSSR count). The van der Waals surface area contributed by atoms with Gasteiger partial charge in [0.2, 0.25) is 0 Å². The molecule has 29 heavy (non-hydrogen) atoms. The first-order valence-electron chi connectivity index (χ1n) is 9.95. The summed E-state index contributed by atoms with van der Waals surface area (Å²) in [4.78, 5) is 0. The Morgan fingerprint density at radius 3 is 1.69 bits per heavy atom. The zero-order chi connectivity index (χ0) is 20.5. The van der Waals surface area contributed by atoms with Crippen molar-refractivity contribution in [1.82, 2.24) is 0 Å². The van der Waals surface area contributed by atoms with Gasteiger partial charge in [0.25, 0.3) is 0 Å². The van der Waals surface area contributed by atoms with Crippen LogP contribution in [0.4, 0.5) is 8.78 Å². The molecule has 0 heterocycles. The van der Waals surface area contributed by atoms with Crippen molar-refractivity contribution >= 4 is 0 Å². The van der Waals surface area contributed by atoms with Gasteiger partial charge in [-0.2, -0.15) is 0 Å². The van der Waals surface area contributed by atoms with Crippen molar-refractivity contribution in [3.8, 4) is 28.0 Å². The third-order valence-corrected chi connectivity index (χ3v) is 4.84. The van der Waals surface area contributed by atoms with Gasteiger partial charge in [0.05, 0.1) is 6.61 Å². The van der Waals surface area contributed by atoms with E-state index in [-0.39, 0.29) is 0 Å². The molecule has 0 aliphatic heterocycles. The summed E-state index contributed by atoms with van der Waals surface area (Å²) in [7, 11) is 1.73. The van der Waals surface area contributed by atoms with Gasteiger partial charge >= 0.3 is 0 Å². The lowest BCUT2D eigenvalue weighted by molar-refractivity contribution is 0.191. The first kappa shape index (κ1) is 21.0. The third-order valence-electron chi connectivity index (χ3n) is 4.84. The van der Waals surface area contributed by atoms with Crippen LogP contribution in [0.1, 0.15) is 25.7 Å². The van der Waals surface area contributed by atoms with E-state index in [0.717, 1.165) is 67.4 Å². The van der Waals surface area contributed by atoms with Gasteiger partial charge in [0, 0.05) is 13.7 Å². The Kier molecular flexibility index (Phi) is 7.77. The van der Waals surface area contributed by atoms with Crippen LogP contribution in [0.2, 0.25) is 0 Å². The summed E-state index contributed by atoms with van der Waals surface area (Å²) in [5.41, 5.74) is 3.63. The molecule has 0 unspecified atom stereocenters. The molecule has 3 aromatic carbocycles. The first-order valence-corrected chi connectivity index (χ1v) is 9.95. The summed E-state index contributed by atoms with van der Waals surface area (Å²) in [5.74, 6) is -0.806. The molecular weight excluding hydrogens is 370 g/mol. The molecule has 152 valence electrons. The first-order chi connectivity index (χ1) is 14.2. The smallest absolute Gasteiger partial charge is 0.159 e. The average Bonchev–Trinajstić information content (AvgIpc) is 2.76. The summed E-state index contributed by atoms with van der Waals surface area (Å²) in [6, 6.07) is 19.7. The van der Waals surface area contributed by atoms with Crippen molar-refractivity contribution in [2.24, 2.45) is 0 Å². The van der Waals surface area contributed by atoms with Crippen LogP contribution in [0.25, 0.3) is 22.3 Å². The van der Waals surface area contributed by atoms with E-state index in [1.807, 2.05) is 48.5 Å². The van der Waals surface area contributed by atoms with E-state index in [1.165, 1.54) is 6.07 Å². The lowest BCUT2D eigenvalue weighted by atomic mass is 10.0. The van der Waals surface area contributed by atoms with Crippen LogP contribution >= 0.6 is 0 Å². The molecule has 0 amide bonds. The van der Waals surface area contributed by atoms with E-state index in [0.29, 0.717) is 5.56 Å². The molecule has 0 fully saturated rings. The molecule has 0 aliphatic rings. The Labute approximate surface area is 171 Å². The van der Waals surface area contributed by atoms with Crippen LogP contribution in [0.15, 0.2) is 66.7 Å². The molecule has 0 N–H and O–H groups in total. The molecule has 0 spiro atoms. The number of ether oxygens (including phenoxy) is 2. The van der Waals surface area contributed by atoms with Crippen molar-refractivity contribution in [3.63, 3.8) is 0 Å². The number of benzene rings is 3. The highest BCUT2D eigenvalue weighted by molar-refractivity contribution is 5.70. The normalized spacial score (nSPS) is 10.9. The highest BCUT2D eigenvalue weighted by Crippen LogP contribution is 2.27. The SMILES string of the molecule is COCCCCCCOc1ccc(-c2ccc(-c3ccc(F)c(F)c3)cc2)cc1. The number of rotatable bonds is 10. The fraction of sp³-hybridized carbons (Fsp3) is 0.280. The number of hydrogen-bond acceptors (Lipinski definition) is 2. The topological polar surface area (TPSA) is 18.5 Å². The molecular formula is C25H26F2O2. The Bertz CT molecular complexity index is 890. The van der Waals surface area contributed by atoms with Crippen LogP contribution in [-0.4, -0.2) is 20.3 Å². The van der Waals surface area contributed by atoms with Crippen molar-refractivity contribution in [1.29, 1.82) is 0 Å². The van der Waals surface area contributed by atoms with Gasteiger partial charge < -0.3 is 9.47 Å². The Morgan fingerprint density at radius 2 is 1.10 bits per heavy atom. The maximum Gasteiger partial charge on any atom is 0.159 e. The highest BCUT2D eigenvalue weighted by Gasteiger charge is 2.05. The van der Waals surface area contributed by atoms with E-state index in [9.17, 15) is 8.78 Å². The Balaban J connectivity index is 1.53. The molecule has 0 saturated carbocycles. The van der Waals surface area contributed by atoms with Crippen LogP contribution < -0.4 is 4.74 Å². The average molecular weight is 396 g/mol. The number of hydrogen-bond donors (Lipinski definition) is 0. The predicted octanol–water partition coefficient (Wildman–Crippen LogP) is 6.88. The summed E-state index contributed by atoms with van der Waals surface area (Å²) < 4.78 is 37.4. The number of unbranched alkanes of at least 4 members (excludes halogenated alkanes) is 3. The molecule has 0 aromatic heterocycles. The van der Waals surface area contributed by atoms with Crippen molar-refractivity contribution in [2.45, 2.75) is 25.7 Å². The lowest BCUT2D eigenvalue weighted by Crippen LogP contribution is -1.97. The van der Waals surface area contributed by atoms with E-state index in [2.05, 4.69) is 0 Å². The Morgan fingerprint density at radius 1 is 0.586 bits per heavy atom. The van der Waals surface area contributed by atoms with Gasteiger partial charge in [-0.3, -0.25) is 0 Å². The molecule has 0 atom stereocenters. The third kappa shape index (κ3) is 6.13. The fourth-order valence-corrected chi connectivity index (χ4v) is 3.17. The molecule has 0 radical (unpaired) electrons. The van der Waals surface area contributed by atoms with E-state index in [1.54, 1.807) is 13.2 Å². The summed E-state index contributed by atoms with van der Waals surface area (Å²) in [6.45, 7) is 1.54. The van der Waals surface area contributed by atoms with Crippen LogP contribution in [-0.2, 0) is 4.74 Å². The number of halogens is 2. The molecule has 0 bridgehead atoms. The monoisotopic (exact) mass is 396 g/mol. The van der Waals surface area contributed by atoms with Crippen molar-refractivity contribution < 1.29 is 18.3 Å². The van der Waals surface area contributed by atoms with Crippen LogP contribution in [0.3, 0.4) is 0 Å². The van der Waals surface area contributed by atoms with Gasteiger partial charge in [0.15, 0.2) is 11.6 Å². The summed E-state index contributed by atoms with van der Waals surface area (Å²) in [5, 5.41) is 0. The van der Waals surface area contributed by atoms with Gasteiger partial charge in [0.1, 0.15) is 5.75 Å². The van der Waals surface area contributed by atoms with Gasteiger partial charge in [-0.25, -0.2) is 8.78 Å². The second-order valence-corrected chi connectivity index (χ2v) is 6.99. The van der Waals surface area contributed by atoms with Gasteiger partial charge in [-0.05, 0) is 65.8 Å². The van der Waals surface area contributed by atoms with Crippen molar-refractivity contribution in [3.05, 3.63) is 78.4 Å². The summed E-state index contributed by atoms with van der Waals surface area (Å²) >= 11 is 0. The second kappa shape index (κ2) is 10.7. The molecule has 0 saturated heterocycles. The van der Waals surface area contributed by atoms with Crippen LogP contribution in [0, 0.1) is 11.6 Å². The van der Waals surface area contributed by atoms with Crippen molar-refractivity contribution in [2.75, 3.05) is 20.3 Å². The standard InChI is InChI=1S/C25H26F2O2/c1-28-16-4-2-3-5-17-29-23-13-10-20(11-14-23)19-6-8-21(9-7-19)22-12-15-24(26)25(27)18-22/h6-15,18H,2-5,16-17H2,1H3. The zero-order valence-corrected chi connectivity index (χ0v) is 16.7. The quantitative estimate of drug-likeness (QED) is 0.348. The van der Waals surface area contributed by atoms with Gasteiger partial charge in [-0.1, -0.05) is 48.9 Å². The zero-order valence-electron chi connectivity index (χ0n) is 16.7. The summed E-state index contributed by atoms with van der Waals surface area (Å²) in [6.07, 6.45) is 4.44. The predicted molar refractivity (Wildman–Crippen MR) is 113 cm³/mol. The van der Waals surface area contributed by atoms with Gasteiger partial charge in [-0.15, -0.1) is 0 Å². The molecule has 3 aromatic rings. The molecule has 0 aliphatic carbocycles. The minimum atomic E-state index is -0.836. The van der Waals surface area contributed by atoms with Crippen LogP contribution in [0.5, 0.6) is 5.75 Å². The maximum absolute atomic E-state index is 13.4. The van der Waals surface area contributed by atoms with E-state index < -0.39 is 11.6 Å². The number of methoxy groups -OCH3 is 1. The minimum Gasteiger partial charge on any atom is -0.494 e. The fourth-order valence-electron chi connectivity index (χ4n) is 3.17. The molecule has 2 nitrogen and oxygen atoms in total. The Hall–Kier alpha value is -2.72. The molecule has 4 heteroatoms. The highest BCUT2D eigenvalue weighted by atomic mass is 19.2. The lowest BCUT2D eigenvalue weighted by Gasteiger charge is -2.08. The maximum atomic E-state index is 13.4. The largest absolute Gasteiger partial charge is 0.494 e. The minimum absolute atomic E-state index is 0.654. The van der Waals surface area contributed by atoms with E-state index in [4.69, 9.17) is 9.47 Å². The second-order valence-electron chi connectivity index (χ2n) is 6.99.